The smallest absolute Gasteiger partial charge is 0.311 e. The lowest BCUT2D eigenvalue weighted by Crippen LogP contribution is -2.42. The van der Waals surface area contributed by atoms with E-state index in [9.17, 15) is 23.1 Å². The lowest BCUT2D eigenvalue weighted by atomic mass is 9.82. The lowest BCUT2D eigenvalue weighted by Gasteiger charge is -2.26. The zero-order chi connectivity index (χ0) is 18.4. The summed E-state index contributed by atoms with van der Waals surface area (Å²) in [5, 5.41) is 12.0. The fourth-order valence-electron chi connectivity index (χ4n) is 2.41. The highest BCUT2D eigenvalue weighted by Crippen LogP contribution is 2.25. The number of carboxylic acid groups (broad SMARTS) is 1. The lowest BCUT2D eigenvalue weighted by molar-refractivity contribution is -0.149. The van der Waals surface area contributed by atoms with Crippen LogP contribution < -0.4 is 5.32 Å². The second-order valence-corrected chi connectivity index (χ2v) is 8.08. The van der Waals surface area contributed by atoms with Gasteiger partial charge in [-0.05, 0) is 30.5 Å². The number of carbonyl (C=O) groups is 2. The summed E-state index contributed by atoms with van der Waals surface area (Å²) in [4.78, 5) is 23.7. The maximum absolute atomic E-state index is 12.1. The number of benzene rings is 1. The normalized spacial score (nSPS) is 12.0. The number of sulfone groups is 1. The summed E-state index contributed by atoms with van der Waals surface area (Å²) in [5.41, 5.74) is -0.390. The van der Waals surface area contributed by atoms with Gasteiger partial charge in [-0.3, -0.25) is 9.59 Å². The van der Waals surface area contributed by atoms with Gasteiger partial charge >= 0.3 is 5.97 Å². The molecule has 2 N–H and O–H groups in total. The van der Waals surface area contributed by atoms with E-state index in [-0.39, 0.29) is 29.5 Å². The molecule has 0 saturated carbocycles. The van der Waals surface area contributed by atoms with Crippen LogP contribution in [-0.4, -0.2) is 37.7 Å². The van der Waals surface area contributed by atoms with E-state index in [1.807, 2.05) is 0 Å². The second kappa shape index (κ2) is 8.28. The van der Waals surface area contributed by atoms with Gasteiger partial charge in [-0.1, -0.05) is 32.9 Å². The van der Waals surface area contributed by atoms with E-state index in [4.69, 9.17) is 0 Å². The Labute approximate surface area is 143 Å². The third-order valence-corrected chi connectivity index (χ3v) is 6.17. The fraction of sp³-hybridized carbons (Fsp3) is 0.529. The minimum absolute atomic E-state index is 0.00319. The molecule has 0 fully saturated rings. The number of carboxylic acids is 1. The second-order valence-electron chi connectivity index (χ2n) is 5.80. The van der Waals surface area contributed by atoms with Crippen LogP contribution in [0, 0.1) is 5.41 Å². The molecule has 1 rings (SSSR count). The number of carbonyl (C=O) groups excluding carboxylic acids is 1. The summed E-state index contributed by atoms with van der Waals surface area (Å²) in [6.07, 6.45) is 0.850. The first-order chi connectivity index (χ1) is 11.2. The summed E-state index contributed by atoms with van der Waals surface area (Å²) in [7, 11) is -3.32. The molecule has 0 radical (unpaired) electrons. The minimum atomic E-state index is -3.32. The van der Waals surface area contributed by atoms with Crippen molar-refractivity contribution < 1.29 is 23.1 Å². The van der Waals surface area contributed by atoms with Gasteiger partial charge in [0.1, 0.15) is 0 Å². The molecule has 7 heteroatoms. The van der Waals surface area contributed by atoms with Crippen molar-refractivity contribution in [3.05, 3.63) is 29.8 Å². The van der Waals surface area contributed by atoms with E-state index in [2.05, 4.69) is 5.32 Å². The van der Waals surface area contributed by atoms with Gasteiger partial charge in [0.15, 0.2) is 9.84 Å². The summed E-state index contributed by atoms with van der Waals surface area (Å²) >= 11 is 0. The Morgan fingerprint density at radius 3 is 2.29 bits per heavy atom. The fourth-order valence-corrected chi connectivity index (χ4v) is 3.36. The first kappa shape index (κ1) is 20.2. The molecule has 0 unspecified atom stereocenters. The molecule has 0 spiro atoms. The molecule has 0 heterocycles. The van der Waals surface area contributed by atoms with Crippen LogP contribution in [0.2, 0.25) is 0 Å². The Hall–Kier alpha value is -1.89. The molecule has 1 aromatic carbocycles. The van der Waals surface area contributed by atoms with Crippen LogP contribution in [0.1, 0.15) is 39.2 Å². The molecule has 0 atom stereocenters. The first-order valence-electron chi connectivity index (χ1n) is 8.02. The maximum atomic E-state index is 12.1. The van der Waals surface area contributed by atoms with E-state index >= 15 is 0 Å². The molecule has 134 valence electrons. The van der Waals surface area contributed by atoms with E-state index in [1.54, 1.807) is 32.9 Å². The third-order valence-electron chi connectivity index (χ3n) is 4.43. The molecule has 0 aliphatic rings. The molecule has 6 nitrogen and oxygen atoms in total. The number of aliphatic carboxylic acids is 1. The van der Waals surface area contributed by atoms with Gasteiger partial charge in [0.2, 0.25) is 5.91 Å². The highest BCUT2D eigenvalue weighted by molar-refractivity contribution is 7.91. The Bertz CT molecular complexity index is 693. The Morgan fingerprint density at radius 1 is 1.17 bits per heavy atom. The molecule has 0 bridgehead atoms. The predicted octanol–water partition coefficient (Wildman–Crippen LogP) is 2.03. The highest BCUT2D eigenvalue weighted by Gasteiger charge is 2.35. The molecule has 0 aromatic heterocycles. The van der Waals surface area contributed by atoms with Crippen LogP contribution in [0.3, 0.4) is 0 Å². The van der Waals surface area contributed by atoms with Crippen LogP contribution >= 0.6 is 0 Å². The van der Waals surface area contributed by atoms with E-state index < -0.39 is 21.2 Å². The summed E-state index contributed by atoms with van der Waals surface area (Å²) in [5.74, 6) is -1.26. The number of nitrogens with one attached hydrogen (secondary N) is 1. The first-order valence-corrected chi connectivity index (χ1v) is 9.67. The van der Waals surface area contributed by atoms with E-state index in [1.165, 1.54) is 12.1 Å². The Kier molecular flexibility index (Phi) is 6.95. The van der Waals surface area contributed by atoms with Crippen molar-refractivity contribution in [1.82, 2.24) is 5.32 Å². The van der Waals surface area contributed by atoms with Crippen molar-refractivity contribution in [2.24, 2.45) is 5.41 Å². The zero-order valence-electron chi connectivity index (χ0n) is 14.3. The van der Waals surface area contributed by atoms with Crippen LogP contribution in [0.15, 0.2) is 29.2 Å². The number of hydrogen-bond acceptors (Lipinski definition) is 4. The maximum Gasteiger partial charge on any atom is 0.311 e. The van der Waals surface area contributed by atoms with Gasteiger partial charge in [-0.25, -0.2) is 8.42 Å². The molecular weight excluding hydrogens is 330 g/mol. The van der Waals surface area contributed by atoms with Crippen LogP contribution in [-0.2, 0) is 25.8 Å². The summed E-state index contributed by atoms with van der Waals surface area (Å²) in [6.45, 7) is 5.18. The van der Waals surface area contributed by atoms with Crippen LogP contribution in [0.25, 0.3) is 0 Å². The van der Waals surface area contributed by atoms with E-state index in [0.29, 0.717) is 18.4 Å². The van der Waals surface area contributed by atoms with Crippen LogP contribution in [0.5, 0.6) is 0 Å². The van der Waals surface area contributed by atoms with Gasteiger partial charge in [0.25, 0.3) is 0 Å². The molecule has 0 aliphatic carbocycles. The molecular formula is C17H25NO5S. The third kappa shape index (κ3) is 4.80. The average Bonchev–Trinajstić information content (AvgIpc) is 2.56. The van der Waals surface area contributed by atoms with Gasteiger partial charge in [0.05, 0.1) is 22.5 Å². The average molecular weight is 355 g/mol. The Morgan fingerprint density at radius 2 is 1.79 bits per heavy atom. The SMILES string of the molecule is CCC(CC)(CNC(=O)Cc1cccc(S(=O)(=O)CC)c1)C(=O)O. The molecule has 1 amide bonds. The van der Waals surface area contributed by atoms with Gasteiger partial charge in [-0.2, -0.15) is 0 Å². The quantitative estimate of drug-likeness (QED) is 0.706. The largest absolute Gasteiger partial charge is 0.481 e. The Balaban J connectivity index is 2.79. The van der Waals surface area contributed by atoms with Gasteiger partial charge < -0.3 is 10.4 Å². The van der Waals surface area contributed by atoms with Gasteiger partial charge in [0, 0.05) is 6.54 Å². The predicted molar refractivity (Wildman–Crippen MR) is 91.5 cm³/mol. The number of amides is 1. The van der Waals surface area contributed by atoms with Crippen molar-refractivity contribution in [3.63, 3.8) is 0 Å². The monoisotopic (exact) mass is 355 g/mol. The van der Waals surface area contributed by atoms with Crippen molar-refractivity contribution in [1.29, 1.82) is 0 Å². The summed E-state index contributed by atoms with van der Waals surface area (Å²) < 4.78 is 23.8. The topological polar surface area (TPSA) is 101 Å². The van der Waals surface area contributed by atoms with Gasteiger partial charge in [-0.15, -0.1) is 0 Å². The van der Waals surface area contributed by atoms with Crippen molar-refractivity contribution in [3.8, 4) is 0 Å². The molecule has 0 aliphatic heterocycles. The molecule has 1 aromatic rings. The van der Waals surface area contributed by atoms with E-state index in [0.717, 1.165) is 0 Å². The van der Waals surface area contributed by atoms with Crippen molar-refractivity contribution in [2.45, 2.75) is 44.9 Å². The number of rotatable bonds is 9. The minimum Gasteiger partial charge on any atom is -0.481 e. The zero-order valence-corrected chi connectivity index (χ0v) is 15.1. The van der Waals surface area contributed by atoms with Crippen molar-refractivity contribution >= 4 is 21.7 Å². The molecule has 24 heavy (non-hydrogen) atoms. The van der Waals surface area contributed by atoms with Crippen LogP contribution in [0.4, 0.5) is 0 Å². The van der Waals surface area contributed by atoms with Crippen molar-refractivity contribution in [2.75, 3.05) is 12.3 Å². The highest BCUT2D eigenvalue weighted by atomic mass is 32.2. The number of hydrogen-bond donors (Lipinski definition) is 2. The molecule has 0 saturated heterocycles. The standard InChI is InChI=1S/C17H25NO5S/c1-4-17(5-2,16(20)21)12-18-15(19)11-13-8-7-9-14(10-13)24(22,23)6-3/h7-10H,4-6,11-12H2,1-3H3,(H,18,19)(H,20,21). The summed E-state index contributed by atoms with van der Waals surface area (Å²) in [6, 6.07) is 6.27.